The normalized spacial score (nSPS) is 18.8. The van der Waals surface area contributed by atoms with Crippen LogP contribution in [0.1, 0.15) is 38.0 Å². The Morgan fingerprint density at radius 2 is 1.61 bits per heavy atom. The minimum Gasteiger partial charge on any atom is -0.342 e. The molecule has 2 saturated heterocycles. The fourth-order valence-corrected chi connectivity index (χ4v) is 7.13. The molecule has 1 aromatic heterocycles. The monoisotopic (exact) mass is 470 g/mol. The fourth-order valence-electron chi connectivity index (χ4n) is 4.11. The molecule has 0 saturated carbocycles. The molecule has 2 amide bonds. The van der Waals surface area contributed by atoms with Gasteiger partial charge in [-0.1, -0.05) is 6.42 Å². The highest BCUT2D eigenvalue weighted by Gasteiger charge is 2.28. The van der Waals surface area contributed by atoms with Crippen molar-refractivity contribution in [2.24, 2.45) is 0 Å². The molecule has 3 heterocycles. The zero-order valence-electron chi connectivity index (χ0n) is 18.6. The highest BCUT2D eigenvalue weighted by atomic mass is 32.2. The van der Waals surface area contributed by atoms with Crippen LogP contribution in [0.25, 0.3) is 0 Å². The van der Waals surface area contributed by atoms with E-state index >= 15 is 0 Å². The molecular formula is C21H34N4O4S2. The molecule has 0 atom stereocenters. The highest BCUT2D eigenvalue weighted by Crippen LogP contribution is 2.27. The molecule has 0 spiro atoms. The summed E-state index contributed by atoms with van der Waals surface area (Å²) in [6.45, 7) is 9.47. The number of nitrogens with zero attached hydrogens (tertiary/aromatic N) is 4. The average molecular weight is 471 g/mol. The maximum atomic E-state index is 12.8. The van der Waals surface area contributed by atoms with Gasteiger partial charge in [-0.05, 0) is 38.8 Å². The minimum absolute atomic E-state index is 0.0125. The summed E-state index contributed by atoms with van der Waals surface area (Å²) in [4.78, 5) is 31.5. The number of carbonyl (C=O) groups is 2. The third kappa shape index (κ3) is 6.06. The van der Waals surface area contributed by atoms with Crippen LogP contribution in [-0.2, 0) is 26.0 Å². The Morgan fingerprint density at radius 1 is 0.968 bits per heavy atom. The molecule has 3 rings (SSSR count). The van der Waals surface area contributed by atoms with Crippen LogP contribution in [0.2, 0.25) is 0 Å². The topological polar surface area (TPSA) is 81.2 Å². The van der Waals surface area contributed by atoms with Crippen molar-refractivity contribution in [3.05, 3.63) is 17.0 Å². The quantitative estimate of drug-likeness (QED) is 0.575. The summed E-state index contributed by atoms with van der Waals surface area (Å²) in [5, 5.41) is 0. The molecule has 0 N–H and O–H groups in total. The maximum absolute atomic E-state index is 12.8. The van der Waals surface area contributed by atoms with E-state index in [4.69, 9.17) is 0 Å². The average Bonchev–Trinajstić information content (AvgIpc) is 3.25. The molecule has 2 aliphatic heterocycles. The van der Waals surface area contributed by atoms with Crippen molar-refractivity contribution in [2.45, 2.75) is 43.7 Å². The van der Waals surface area contributed by atoms with Crippen LogP contribution in [0.4, 0.5) is 0 Å². The summed E-state index contributed by atoms with van der Waals surface area (Å²) in [6.07, 6.45) is 3.11. The SMILES string of the molecule is CCN(CC)C(=O)CN1CCN(C(=O)Cc2ccc(S(=O)(=O)N3CCCCC3)s2)CC1. The molecule has 2 fully saturated rings. The number of rotatable bonds is 8. The first-order valence-corrected chi connectivity index (χ1v) is 13.5. The predicted octanol–water partition coefficient (Wildman–Crippen LogP) is 1.48. The van der Waals surface area contributed by atoms with Crippen molar-refractivity contribution in [1.29, 1.82) is 0 Å². The molecule has 174 valence electrons. The zero-order valence-corrected chi connectivity index (χ0v) is 20.2. The van der Waals surface area contributed by atoms with Gasteiger partial charge in [-0.2, -0.15) is 4.31 Å². The summed E-state index contributed by atoms with van der Waals surface area (Å²) >= 11 is 1.21. The molecule has 1 aromatic rings. The van der Waals surface area contributed by atoms with Crippen LogP contribution in [0.5, 0.6) is 0 Å². The van der Waals surface area contributed by atoms with E-state index in [9.17, 15) is 18.0 Å². The number of likely N-dealkylation sites (N-methyl/N-ethyl adjacent to an activating group) is 1. The maximum Gasteiger partial charge on any atom is 0.252 e. The van der Waals surface area contributed by atoms with E-state index < -0.39 is 10.0 Å². The van der Waals surface area contributed by atoms with Gasteiger partial charge in [0, 0.05) is 57.2 Å². The predicted molar refractivity (Wildman–Crippen MR) is 122 cm³/mol. The second-order valence-corrected chi connectivity index (χ2v) is 11.4. The lowest BCUT2D eigenvalue weighted by atomic mass is 10.2. The van der Waals surface area contributed by atoms with Gasteiger partial charge < -0.3 is 9.80 Å². The minimum atomic E-state index is -3.45. The number of piperidine rings is 1. The van der Waals surface area contributed by atoms with Gasteiger partial charge in [0.2, 0.25) is 11.8 Å². The van der Waals surface area contributed by atoms with E-state index in [0.717, 1.165) is 24.1 Å². The van der Waals surface area contributed by atoms with Gasteiger partial charge in [0.05, 0.1) is 13.0 Å². The third-order valence-electron chi connectivity index (χ3n) is 6.07. The van der Waals surface area contributed by atoms with Gasteiger partial charge in [-0.15, -0.1) is 11.3 Å². The molecule has 0 aromatic carbocycles. The largest absolute Gasteiger partial charge is 0.342 e. The van der Waals surface area contributed by atoms with Crippen molar-refractivity contribution in [3.63, 3.8) is 0 Å². The number of sulfonamides is 1. The summed E-state index contributed by atoms with van der Waals surface area (Å²) in [5.74, 6) is 0.143. The Kier molecular flexibility index (Phi) is 8.49. The molecule has 0 unspecified atom stereocenters. The van der Waals surface area contributed by atoms with Gasteiger partial charge in [0.1, 0.15) is 4.21 Å². The Morgan fingerprint density at radius 3 is 2.23 bits per heavy atom. The number of hydrogen-bond acceptors (Lipinski definition) is 6. The second kappa shape index (κ2) is 10.9. The van der Waals surface area contributed by atoms with Crippen LogP contribution in [-0.4, -0.2) is 98.1 Å². The summed E-state index contributed by atoms with van der Waals surface area (Å²) in [7, 11) is -3.45. The summed E-state index contributed by atoms with van der Waals surface area (Å²) < 4.78 is 27.5. The van der Waals surface area contributed by atoms with Gasteiger partial charge in [-0.3, -0.25) is 14.5 Å². The lowest BCUT2D eigenvalue weighted by Gasteiger charge is -2.35. The Bertz CT molecular complexity index is 852. The summed E-state index contributed by atoms with van der Waals surface area (Å²) in [6, 6.07) is 3.40. The van der Waals surface area contributed by atoms with E-state index in [1.165, 1.54) is 11.3 Å². The van der Waals surface area contributed by atoms with Gasteiger partial charge in [0.15, 0.2) is 0 Å². The molecule has 31 heavy (non-hydrogen) atoms. The molecule has 0 aliphatic carbocycles. The standard InChI is InChI=1S/C21H34N4O4S2/c1-3-23(4-2)20(27)17-22-12-14-24(15-13-22)19(26)16-18-8-9-21(30-18)31(28,29)25-10-6-5-7-11-25/h8-9H,3-7,10-17H2,1-2H3. The lowest BCUT2D eigenvalue weighted by molar-refractivity contribution is -0.134. The van der Waals surface area contributed by atoms with Crippen molar-refractivity contribution in [3.8, 4) is 0 Å². The van der Waals surface area contributed by atoms with Crippen molar-refractivity contribution < 1.29 is 18.0 Å². The molecule has 10 heteroatoms. The van der Waals surface area contributed by atoms with E-state index in [1.807, 2.05) is 23.6 Å². The first-order chi connectivity index (χ1) is 14.8. The number of hydrogen-bond donors (Lipinski definition) is 0. The number of piperazine rings is 1. The molecule has 8 nitrogen and oxygen atoms in total. The fraction of sp³-hybridized carbons (Fsp3) is 0.714. The number of amides is 2. The van der Waals surface area contributed by atoms with Crippen LogP contribution in [0.3, 0.4) is 0 Å². The highest BCUT2D eigenvalue weighted by molar-refractivity contribution is 7.91. The number of thiophene rings is 1. The van der Waals surface area contributed by atoms with Crippen LogP contribution in [0, 0.1) is 0 Å². The van der Waals surface area contributed by atoms with E-state index in [0.29, 0.717) is 63.1 Å². The molecular weight excluding hydrogens is 436 g/mol. The van der Waals surface area contributed by atoms with E-state index in [2.05, 4.69) is 4.90 Å². The number of carbonyl (C=O) groups excluding carboxylic acids is 2. The third-order valence-corrected chi connectivity index (χ3v) is 9.52. The van der Waals surface area contributed by atoms with E-state index in [1.54, 1.807) is 16.4 Å². The van der Waals surface area contributed by atoms with Gasteiger partial charge in [-0.25, -0.2) is 8.42 Å². The van der Waals surface area contributed by atoms with Crippen molar-refractivity contribution in [2.75, 3.05) is 58.9 Å². The van der Waals surface area contributed by atoms with Crippen molar-refractivity contribution >= 4 is 33.2 Å². The second-order valence-electron chi connectivity index (χ2n) is 8.09. The molecule has 0 bridgehead atoms. The van der Waals surface area contributed by atoms with Crippen LogP contribution < -0.4 is 0 Å². The Labute approximate surface area is 189 Å². The van der Waals surface area contributed by atoms with Gasteiger partial charge in [0.25, 0.3) is 10.0 Å². The van der Waals surface area contributed by atoms with Crippen LogP contribution in [0.15, 0.2) is 16.3 Å². The Hall–Kier alpha value is -1.49. The zero-order chi connectivity index (χ0) is 22.4. The van der Waals surface area contributed by atoms with Crippen LogP contribution >= 0.6 is 11.3 Å². The van der Waals surface area contributed by atoms with Crippen molar-refractivity contribution in [1.82, 2.24) is 19.0 Å². The first kappa shape index (κ1) is 24.2. The van der Waals surface area contributed by atoms with E-state index in [-0.39, 0.29) is 18.2 Å². The first-order valence-electron chi connectivity index (χ1n) is 11.2. The smallest absolute Gasteiger partial charge is 0.252 e. The Balaban J connectivity index is 1.50. The molecule has 2 aliphatic rings. The summed E-state index contributed by atoms with van der Waals surface area (Å²) in [5.41, 5.74) is 0. The lowest BCUT2D eigenvalue weighted by Crippen LogP contribution is -2.51. The van der Waals surface area contributed by atoms with Gasteiger partial charge >= 0.3 is 0 Å². The molecule has 0 radical (unpaired) electrons.